The van der Waals surface area contributed by atoms with Gasteiger partial charge in [-0.25, -0.2) is 14.1 Å². The average molecular weight is 422 g/mol. The highest BCUT2D eigenvalue weighted by Gasteiger charge is 2.29. The Kier molecular flexibility index (Phi) is 4.14. The Morgan fingerprint density at radius 1 is 1.19 bits per heavy atom. The van der Waals surface area contributed by atoms with Gasteiger partial charge in [0.05, 0.1) is 22.9 Å². The van der Waals surface area contributed by atoms with Crippen molar-refractivity contribution in [2.45, 2.75) is 51.2 Å². The summed E-state index contributed by atoms with van der Waals surface area (Å²) in [5.41, 5.74) is 10.2. The summed E-state index contributed by atoms with van der Waals surface area (Å²) in [7, 11) is 0. The fraction of sp³-hybridized carbons (Fsp3) is 0.409. The molecule has 4 heterocycles. The summed E-state index contributed by atoms with van der Waals surface area (Å²) in [6.07, 6.45) is 6.73. The normalized spacial score (nSPS) is 19.4. The molecule has 1 unspecified atom stereocenters. The van der Waals surface area contributed by atoms with E-state index in [0.717, 1.165) is 43.2 Å². The first-order chi connectivity index (χ1) is 15.1. The van der Waals surface area contributed by atoms with Crippen molar-refractivity contribution in [3.05, 3.63) is 35.5 Å². The number of nitrogens with zero attached hydrogens (tertiary/aromatic N) is 4. The van der Waals surface area contributed by atoms with Crippen molar-refractivity contribution in [2.24, 2.45) is 0 Å². The molecule has 2 fully saturated rings. The third kappa shape index (κ3) is 3.11. The van der Waals surface area contributed by atoms with Gasteiger partial charge in [0, 0.05) is 17.9 Å². The quantitative estimate of drug-likeness (QED) is 0.481. The lowest BCUT2D eigenvalue weighted by atomic mass is 10.1. The first-order valence-corrected chi connectivity index (χ1v) is 10.7. The summed E-state index contributed by atoms with van der Waals surface area (Å²) in [6, 6.07) is 3.29. The van der Waals surface area contributed by atoms with E-state index < -0.39 is 0 Å². The van der Waals surface area contributed by atoms with E-state index in [-0.39, 0.29) is 17.9 Å². The van der Waals surface area contributed by atoms with Crippen molar-refractivity contribution >= 4 is 39.5 Å². The number of hydrogen-bond acceptors (Lipinski definition) is 7. The number of rotatable bonds is 4. The van der Waals surface area contributed by atoms with Crippen LogP contribution in [0.15, 0.2) is 22.8 Å². The number of aryl methyl sites for hydroxylation is 1. The standard InChI is InChI=1S/C22H23FN6O2/c1-11-18-15(23)8-13(9-16(18)29(28-11)17-4-2-3-7-30-17)25-22-26-19-14(12-5-6-12)10-31-20(19)21(24)27-22/h8-10,12,17H,2-7H2,1H3,(H3,24,25,26,27). The molecule has 6 rings (SSSR count). The molecule has 0 bridgehead atoms. The van der Waals surface area contributed by atoms with Crippen molar-refractivity contribution in [3.63, 3.8) is 0 Å². The molecule has 1 saturated carbocycles. The van der Waals surface area contributed by atoms with E-state index in [0.29, 0.717) is 46.3 Å². The van der Waals surface area contributed by atoms with Gasteiger partial charge in [-0.05, 0) is 57.1 Å². The number of aromatic nitrogens is 4. The van der Waals surface area contributed by atoms with Crippen LogP contribution < -0.4 is 11.1 Å². The predicted octanol–water partition coefficient (Wildman–Crippen LogP) is 4.92. The van der Waals surface area contributed by atoms with E-state index >= 15 is 4.39 Å². The van der Waals surface area contributed by atoms with Crippen LogP contribution in [-0.2, 0) is 4.74 Å². The summed E-state index contributed by atoms with van der Waals surface area (Å²) in [4.78, 5) is 8.92. The number of nitrogen functional groups attached to an aromatic ring is 1. The SMILES string of the molecule is Cc1nn(C2CCCCO2)c2cc(Nc3nc(N)c4occ(C5CC5)c4n3)cc(F)c12. The molecular weight excluding hydrogens is 399 g/mol. The van der Waals surface area contributed by atoms with Gasteiger partial charge in [-0.15, -0.1) is 0 Å². The Morgan fingerprint density at radius 3 is 2.84 bits per heavy atom. The zero-order chi connectivity index (χ0) is 21.1. The highest BCUT2D eigenvalue weighted by molar-refractivity contribution is 5.89. The molecule has 0 spiro atoms. The highest BCUT2D eigenvalue weighted by atomic mass is 19.1. The van der Waals surface area contributed by atoms with Gasteiger partial charge in [0.2, 0.25) is 5.95 Å². The topological polar surface area (TPSA) is 104 Å². The van der Waals surface area contributed by atoms with Crippen molar-refractivity contribution in [3.8, 4) is 0 Å². The van der Waals surface area contributed by atoms with Gasteiger partial charge >= 0.3 is 0 Å². The van der Waals surface area contributed by atoms with Gasteiger partial charge in [0.1, 0.15) is 11.3 Å². The second-order valence-electron chi connectivity index (χ2n) is 8.40. The van der Waals surface area contributed by atoms with Gasteiger partial charge < -0.3 is 20.2 Å². The summed E-state index contributed by atoms with van der Waals surface area (Å²) in [6.45, 7) is 2.50. The van der Waals surface area contributed by atoms with Crippen molar-refractivity contribution in [2.75, 3.05) is 17.7 Å². The second kappa shape index (κ2) is 6.91. The van der Waals surface area contributed by atoms with Crippen molar-refractivity contribution in [1.29, 1.82) is 0 Å². The number of nitrogens with two attached hydrogens (primary N) is 1. The van der Waals surface area contributed by atoms with E-state index in [1.807, 2.05) is 13.0 Å². The van der Waals surface area contributed by atoms with Crippen molar-refractivity contribution in [1.82, 2.24) is 19.7 Å². The maximum atomic E-state index is 15.0. The van der Waals surface area contributed by atoms with Crippen LogP contribution in [0.2, 0.25) is 0 Å². The minimum Gasteiger partial charge on any atom is -0.458 e. The smallest absolute Gasteiger partial charge is 0.229 e. The van der Waals surface area contributed by atoms with E-state index in [1.165, 1.54) is 6.07 Å². The number of nitrogens with one attached hydrogen (secondary N) is 1. The Bertz CT molecular complexity index is 1300. The molecule has 1 saturated heterocycles. The molecule has 3 aromatic heterocycles. The van der Waals surface area contributed by atoms with Crippen LogP contribution in [0.4, 0.5) is 21.8 Å². The molecule has 31 heavy (non-hydrogen) atoms. The maximum absolute atomic E-state index is 15.0. The molecule has 1 aliphatic heterocycles. The Morgan fingerprint density at radius 2 is 2.06 bits per heavy atom. The van der Waals surface area contributed by atoms with Crippen LogP contribution in [0.25, 0.3) is 22.0 Å². The fourth-order valence-electron chi connectivity index (χ4n) is 4.43. The van der Waals surface area contributed by atoms with Crippen LogP contribution in [0.3, 0.4) is 0 Å². The third-order valence-corrected chi connectivity index (χ3v) is 6.11. The van der Waals surface area contributed by atoms with E-state index in [2.05, 4.69) is 20.4 Å². The molecule has 9 heteroatoms. The lowest BCUT2D eigenvalue weighted by molar-refractivity contribution is -0.0368. The van der Waals surface area contributed by atoms with Crippen LogP contribution in [0.5, 0.6) is 0 Å². The van der Waals surface area contributed by atoms with Gasteiger partial charge in [-0.1, -0.05) is 0 Å². The lowest BCUT2D eigenvalue weighted by Gasteiger charge is -2.23. The first-order valence-electron chi connectivity index (χ1n) is 10.7. The summed E-state index contributed by atoms with van der Waals surface area (Å²) in [5.74, 6) is 0.682. The second-order valence-corrected chi connectivity index (χ2v) is 8.40. The van der Waals surface area contributed by atoms with Gasteiger partial charge in [-0.3, -0.25) is 0 Å². The summed E-state index contributed by atoms with van der Waals surface area (Å²) in [5, 5.41) is 8.19. The van der Waals surface area contributed by atoms with E-state index in [4.69, 9.17) is 14.9 Å². The monoisotopic (exact) mass is 422 g/mol. The zero-order valence-corrected chi connectivity index (χ0v) is 17.2. The minimum atomic E-state index is -0.351. The number of anilines is 3. The first kappa shape index (κ1) is 18.6. The molecule has 4 aromatic rings. The third-order valence-electron chi connectivity index (χ3n) is 6.11. The molecule has 8 nitrogen and oxygen atoms in total. The Balaban J connectivity index is 1.41. The molecule has 1 aliphatic carbocycles. The Hall–Kier alpha value is -3.20. The molecule has 1 aromatic carbocycles. The molecule has 3 N–H and O–H groups in total. The van der Waals surface area contributed by atoms with Crippen LogP contribution in [0.1, 0.15) is 55.5 Å². The molecular formula is C22H23FN6O2. The summed E-state index contributed by atoms with van der Waals surface area (Å²) >= 11 is 0. The number of ether oxygens (including phenoxy) is 1. The lowest BCUT2D eigenvalue weighted by Crippen LogP contribution is -2.19. The number of benzene rings is 1. The minimum absolute atomic E-state index is 0.185. The number of fused-ring (bicyclic) bond motifs is 2. The van der Waals surface area contributed by atoms with Crippen molar-refractivity contribution < 1.29 is 13.5 Å². The largest absolute Gasteiger partial charge is 0.458 e. The van der Waals surface area contributed by atoms with E-state index in [9.17, 15) is 0 Å². The maximum Gasteiger partial charge on any atom is 0.229 e. The van der Waals surface area contributed by atoms with Crippen LogP contribution in [-0.4, -0.2) is 26.4 Å². The van der Waals surface area contributed by atoms with Gasteiger partial charge in [0.15, 0.2) is 17.6 Å². The summed E-state index contributed by atoms with van der Waals surface area (Å²) < 4.78 is 28.3. The molecule has 0 radical (unpaired) electrons. The molecule has 160 valence electrons. The zero-order valence-electron chi connectivity index (χ0n) is 17.2. The molecule has 1 atom stereocenters. The highest BCUT2D eigenvalue weighted by Crippen LogP contribution is 2.44. The average Bonchev–Trinajstić information content (AvgIpc) is 3.41. The van der Waals surface area contributed by atoms with Crippen LogP contribution >= 0.6 is 0 Å². The predicted molar refractivity (Wildman–Crippen MR) is 115 cm³/mol. The molecule has 0 amide bonds. The van der Waals surface area contributed by atoms with Crippen LogP contribution in [0, 0.1) is 12.7 Å². The van der Waals surface area contributed by atoms with E-state index in [1.54, 1.807) is 10.9 Å². The molecule has 2 aliphatic rings. The Labute approximate surface area is 177 Å². The fourth-order valence-corrected chi connectivity index (χ4v) is 4.43. The van der Waals surface area contributed by atoms with Gasteiger partial charge in [0.25, 0.3) is 0 Å². The number of furan rings is 1. The van der Waals surface area contributed by atoms with Gasteiger partial charge in [-0.2, -0.15) is 10.1 Å². The number of halogens is 1. The number of hydrogen-bond donors (Lipinski definition) is 2.